The van der Waals surface area contributed by atoms with Crippen LogP contribution in [0.1, 0.15) is 18.2 Å². The maximum Gasteiger partial charge on any atom is 0.0953 e. The van der Waals surface area contributed by atoms with E-state index in [9.17, 15) is 0 Å². The molecule has 0 fully saturated rings. The summed E-state index contributed by atoms with van der Waals surface area (Å²) in [5.74, 6) is 0. The fraction of sp³-hybridized carbons (Fsp3) is 0.100. The summed E-state index contributed by atoms with van der Waals surface area (Å²) in [6, 6.07) is 17.8. The zero-order chi connectivity index (χ0) is 16.5. The van der Waals surface area contributed by atoms with Gasteiger partial charge < -0.3 is 0 Å². The Morgan fingerprint density at radius 2 is 1.32 bits per heavy atom. The van der Waals surface area contributed by atoms with Crippen LogP contribution in [0, 0.1) is 0 Å². The predicted molar refractivity (Wildman–Crippen MR) is 96.7 cm³/mol. The average Bonchev–Trinajstić information content (AvgIpc) is 2.71. The van der Waals surface area contributed by atoms with Gasteiger partial charge in [0.05, 0.1) is 23.1 Å². The minimum atomic E-state index is 0. The van der Waals surface area contributed by atoms with Gasteiger partial charge in [-0.25, -0.2) is 0 Å². The Bertz CT molecular complexity index is 752. The van der Waals surface area contributed by atoms with Crippen molar-refractivity contribution in [3.63, 3.8) is 0 Å². The number of pyridine rings is 3. The molecule has 0 saturated carbocycles. The molecule has 4 nitrogen and oxygen atoms in total. The summed E-state index contributed by atoms with van der Waals surface area (Å²) in [6.07, 6.45) is 12.2. The van der Waals surface area contributed by atoms with Gasteiger partial charge in [0.25, 0.3) is 0 Å². The van der Waals surface area contributed by atoms with Gasteiger partial charge in [0.2, 0.25) is 0 Å². The first-order valence-corrected chi connectivity index (χ1v) is 7.85. The van der Waals surface area contributed by atoms with Crippen molar-refractivity contribution in [1.29, 1.82) is 0 Å². The molecule has 1 aliphatic heterocycles. The van der Waals surface area contributed by atoms with Crippen LogP contribution in [0.5, 0.6) is 0 Å². The molecule has 1 aliphatic rings. The van der Waals surface area contributed by atoms with Gasteiger partial charge in [-0.3, -0.25) is 19.9 Å². The largest absolute Gasteiger partial charge is 0.283 e. The van der Waals surface area contributed by atoms with E-state index in [1.165, 1.54) is 0 Å². The van der Waals surface area contributed by atoms with Crippen molar-refractivity contribution in [1.82, 2.24) is 15.0 Å². The van der Waals surface area contributed by atoms with Crippen molar-refractivity contribution < 1.29 is 17.1 Å². The fourth-order valence-corrected chi connectivity index (χ4v) is 2.28. The summed E-state index contributed by atoms with van der Waals surface area (Å²) in [7, 11) is 0. The Balaban J connectivity index is 0.000000173. The van der Waals surface area contributed by atoms with Gasteiger partial charge in [0, 0.05) is 41.9 Å². The Hall–Kier alpha value is -2.62. The van der Waals surface area contributed by atoms with Crippen molar-refractivity contribution in [2.45, 2.75) is 12.5 Å². The van der Waals surface area contributed by atoms with Gasteiger partial charge in [-0.2, -0.15) is 0 Å². The van der Waals surface area contributed by atoms with E-state index in [4.69, 9.17) is 0 Å². The third kappa shape index (κ3) is 5.75. The van der Waals surface area contributed by atoms with Crippen molar-refractivity contribution in [3.8, 4) is 11.4 Å². The normalized spacial score (nSPS) is 14.8. The molecule has 0 bridgehead atoms. The number of aliphatic imine (C=N–C) groups is 1. The summed E-state index contributed by atoms with van der Waals surface area (Å²) < 4.78 is 0. The molecule has 1 atom stereocenters. The molecule has 0 N–H and O–H groups in total. The number of aromatic nitrogens is 3. The smallest absolute Gasteiger partial charge is 0.0953 e. The van der Waals surface area contributed by atoms with E-state index in [1.807, 2.05) is 73.1 Å². The summed E-state index contributed by atoms with van der Waals surface area (Å²) >= 11 is 0. The van der Waals surface area contributed by atoms with E-state index in [1.54, 1.807) is 12.4 Å². The number of rotatable bonds is 2. The first kappa shape index (κ1) is 18.7. The van der Waals surface area contributed by atoms with Crippen LogP contribution in [-0.2, 0) is 17.1 Å². The molecule has 129 valence electrons. The number of hydrogen-bond donors (Lipinski definition) is 0. The van der Waals surface area contributed by atoms with Crippen LogP contribution in [0.25, 0.3) is 11.4 Å². The van der Waals surface area contributed by atoms with E-state index >= 15 is 0 Å². The molecule has 25 heavy (non-hydrogen) atoms. The molecule has 0 aliphatic carbocycles. The fourth-order valence-electron chi connectivity index (χ4n) is 2.28. The summed E-state index contributed by atoms with van der Waals surface area (Å²) in [5, 5.41) is 0. The van der Waals surface area contributed by atoms with Crippen molar-refractivity contribution >= 4 is 6.21 Å². The first-order chi connectivity index (χ1) is 11.9. The molecule has 3 aromatic rings. The van der Waals surface area contributed by atoms with Crippen molar-refractivity contribution in [2.24, 2.45) is 4.99 Å². The van der Waals surface area contributed by atoms with Crippen LogP contribution < -0.4 is 0 Å². The molecule has 0 aromatic carbocycles. The molecule has 3 aromatic heterocycles. The van der Waals surface area contributed by atoms with Crippen molar-refractivity contribution in [3.05, 3.63) is 91.0 Å². The van der Waals surface area contributed by atoms with E-state index in [0.717, 1.165) is 23.5 Å². The zero-order valence-corrected chi connectivity index (χ0v) is 14.5. The van der Waals surface area contributed by atoms with E-state index < -0.39 is 0 Å². The second kappa shape index (κ2) is 10.3. The minimum Gasteiger partial charge on any atom is -0.283 e. The molecular weight excluding hydrogens is 360 g/mol. The summed E-state index contributed by atoms with van der Waals surface area (Å²) in [4.78, 5) is 17.0. The molecule has 4 heterocycles. The zero-order valence-electron chi connectivity index (χ0n) is 13.5. The van der Waals surface area contributed by atoms with Crippen molar-refractivity contribution in [2.75, 3.05) is 0 Å². The Kier molecular flexibility index (Phi) is 7.70. The maximum atomic E-state index is 4.33. The van der Waals surface area contributed by atoms with Gasteiger partial charge in [-0.05, 0) is 48.9 Å². The van der Waals surface area contributed by atoms with Crippen LogP contribution in [0.4, 0.5) is 0 Å². The SMILES string of the molecule is C1=CCC(c2ccccn2)N=C1.[Cu].c1ccc(-c2ccccn2)nc1. The van der Waals surface area contributed by atoms with Crippen LogP contribution >= 0.6 is 0 Å². The van der Waals surface area contributed by atoms with E-state index in [2.05, 4.69) is 26.0 Å². The average molecular weight is 378 g/mol. The Labute approximate surface area is 158 Å². The van der Waals surface area contributed by atoms with Gasteiger partial charge in [0.1, 0.15) is 0 Å². The first-order valence-electron chi connectivity index (χ1n) is 7.85. The molecule has 1 radical (unpaired) electrons. The van der Waals surface area contributed by atoms with Gasteiger partial charge in [-0.15, -0.1) is 0 Å². The molecule has 5 heteroatoms. The number of dihydropyridines is 1. The van der Waals surface area contributed by atoms with Crippen LogP contribution in [0.15, 0.2) is 90.3 Å². The molecule has 4 rings (SSSR count). The topological polar surface area (TPSA) is 51.0 Å². The van der Waals surface area contributed by atoms with Crippen LogP contribution in [-0.4, -0.2) is 21.2 Å². The number of nitrogens with zero attached hydrogens (tertiary/aromatic N) is 4. The summed E-state index contributed by atoms with van der Waals surface area (Å²) in [5.41, 5.74) is 2.88. The number of allylic oxidation sites excluding steroid dienone is 1. The second-order valence-corrected chi connectivity index (χ2v) is 5.16. The van der Waals surface area contributed by atoms with E-state index in [0.29, 0.717) is 0 Å². The Morgan fingerprint density at radius 1 is 0.720 bits per heavy atom. The van der Waals surface area contributed by atoms with Gasteiger partial charge >= 0.3 is 0 Å². The van der Waals surface area contributed by atoms with Gasteiger partial charge in [0.15, 0.2) is 0 Å². The van der Waals surface area contributed by atoms with E-state index in [-0.39, 0.29) is 23.1 Å². The monoisotopic (exact) mass is 377 g/mol. The Morgan fingerprint density at radius 3 is 1.76 bits per heavy atom. The van der Waals surface area contributed by atoms with Crippen LogP contribution in [0.2, 0.25) is 0 Å². The molecule has 1 unspecified atom stereocenters. The molecule has 0 amide bonds. The van der Waals surface area contributed by atoms with Crippen LogP contribution in [0.3, 0.4) is 0 Å². The third-order valence-electron chi connectivity index (χ3n) is 3.47. The maximum absolute atomic E-state index is 4.33. The quantitative estimate of drug-likeness (QED) is 0.626. The predicted octanol–water partition coefficient (Wildman–Crippen LogP) is 4.29. The molecule has 0 spiro atoms. The molecule has 0 saturated heterocycles. The molecular formula is C20H18CuN4. The van der Waals surface area contributed by atoms with Gasteiger partial charge in [-0.1, -0.05) is 24.3 Å². The third-order valence-corrected chi connectivity index (χ3v) is 3.47. The summed E-state index contributed by atoms with van der Waals surface area (Å²) in [6.45, 7) is 0. The standard InChI is InChI=1S/C10H10N2.C10H8N2.Cu/c2*1-3-7-11-9(5-1)10-6-2-4-8-12-10;/h1-5,7-8,10H,6H2;1-8H;. The minimum absolute atomic E-state index is 0. The second-order valence-electron chi connectivity index (χ2n) is 5.16. The number of hydrogen-bond acceptors (Lipinski definition) is 4.